The van der Waals surface area contributed by atoms with Crippen molar-refractivity contribution in [1.29, 1.82) is 0 Å². The average Bonchev–Trinajstić information content (AvgIpc) is 2.83. The summed E-state index contributed by atoms with van der Waals surface area (Å²) in [6.07, 6.45) is -1.54. The summed E-state index contributed by atoms with van der Waals surface area (Å²) in [5.41, 5.74) is 1.91. The molecular weight excluding hydrogens is 466 g/mol. The van der Waals surface area contributed by atoms with Crippen LogP contribution in [0.15, 0.2) is 90.7 Å². The van der Waals surface area contributed by atoms with Crippen molar-refractivity contribution in [2.45, 2.75) is 25.9 Å². The Morgan fingerprint density at radius 1 is 0.853 bits per heavy atom. The standard InChI is InChI=1S/C25H24F2O6S/c1-30-21-14-16-23(17-15-21)32-34(28,29)33-24(25(26)27)9-5-8-19-10-12-22(13-11-19)31-18-20-6-3-2-4-7-20/h2-4,6-7,9-17,25H,5,8,18H2,1H3/b24-9-. The van der Waals surface area contributed by atoms with Crippen molar-refractivity contribution in [3.05, 3.63) is 102 Å². The third kappa shape index (κ3) is 8.08. The minimum absolute atomic E-state index is 0.0935. The van der Waals surface area contributed by atoms with E-state index < -0.39 is 22.6 Å². The number of aryl methyl sites for hydroxylation is 1. The Labute approximate surface area is 197 Å². The fraction of sp³-hybridized carbons (Fsp3) is 0.200. The Bertz CT molecular complexity index is 1160. The van der Waals surface area contributed by atoms with E-state index in [0.717, 1.165) is 17.2 Å². The highest BCUT2D eigenvalue weighted by Gasteiger charge is 2.23. The van der Waals surface area contributed by atoms with Gasteiger partial charge >= 0.3 is 10.4 Å². The van der Waals surface area contributed by atoms with E-state index >= 15 is 0 Å². The molecule has 0 saturated heterocycles. The maximum atomic E-state index is 13.3. The van der Waals surface area contributed by atoms with Crippen molar-refractivity contribution in [3.8, 4) is 17.2 Å². The van der Waals surface area contributed by atoms with E-state index in [-0.39, 0.29) is 12.2 Å². The Morgan fingerprint density at radius 3 is 2.09 bits per heavy atom. The average molecular weight is 491 g/mol. The maximum Gasteiger partial charge on any atom is 0.500 e. The molecule has 0 aliphatic carbocycles. The number of halogens is 2. The van der Waals surface area contributed by atoms with Gasteiger partial charge in [-0.15, -0.1) is 8.42 Å². The number of allylic oxidation sites excluding steroid dienone is 2. The van der Waals surface area contributed by atoms with Crippen molar-refractivity contribution in [3.63, 3.8) is 0 Å². The molecule has 0 aliphatic rings. The quantitative estimate of drug-likeness (QED) is 0.304. The lowest BCUT2D eigenvalue weighted by molar-refractivity contribution is 0.133. The summed E-state index contributed by atoms with van der Waals surface area (Å²) in [6.45, 7) is 0.436. The largest absolute Gasteiger partial charge is 0.500 e. The summed E-state index contributed by atoms with van der Waals surface area (Å²) in [7, 11) is -3.29. The minimum atomic E-state index is -4.73. The van der Waals surface area contributed by atoms with Crippen LogP contribution in [0.5, 0.6) is 17.2 Å². The number of benzene rings is 3. The van der Waals surface area contributed by atoms with Crippen LogP contribution in [-0.2, 0) is 27.6 Å². The molecule has 0 aromatic heterocycles. The first kappa shape index (κ1) is 25.0. The predicted octanol–water partition coefficient (Wildman–Crippen LogP) is 5.70. The first-order chi connectivity index (χ1) is 16.3. The van der Waals surface area contributed by atoms with Gasteiger partial charge in [0.1, 0.15) is 23.9 Å². The molecule has 180 valence electrons. The summed E-state index contributed by atoms with van der Waals surface area (Å²) < 4.78 is 70.6. The monoisotopic (exact) mass is 490 g/mol. The number of hydrogen-bond acceptors (Lipinski definition) is 6. The summed E-state index contributed by atoms with van der Waals surface area (Å²) in [6, 6.07) is 22.5. The maximum absolute atomic E-state index is 13.3. The summed E-state index contributed by atoms with van der Waals surface area (Å²) in [5, 5.41) is 0. The van der Waals surface area contributed by atoms with E-state index in [1.54, 1.807) is 12.1 Å². The SMILES string of the molecule is COc1ccc(OS(=O)(=O)O/C(=C\CCc2ccc(OCc3ccccc3)cc2)C(F)F)cc1. The van der Waals surface area contributed by atoms with Crippen LogP contribution in [0.25, 0.3) is 0 Å². The van der Waals surface area contributed by atoms with E-state index in [1.165, 1.54) is 31.4 Å². The molecule has 3 rings (SSSR count). The molecule has 0 atom stereocenters. The van der Waals surface area contributed by atoms with Crippen molar-refractivity contribution >= 4 is 10.4 Å². The first-order valence-corrected chi connectivity index (χ1v) is 11.7. The molecule has 3 aromatic carbocycles. The van der Waals surface area contributed by atoms with Gasteiger partial charge in [-0.25, -0.2) is 8.78 Å². The molecule has 0 saturated carbocycles. The van der Waals surface area contributed by atoms with Crippen LogP contribution in [0.2, 0.25) is 0 Å². The van der Waals surface area contributed by atoms with Crippen molar-refractivity contribution in [2.24, 2.45) is 0 Å². The Kier molecular flexibility index (Phi) is 8.86. The Morgan fingerprint density at radius 2 is 1.47 bits per heavy atom. The molecule has 0 radical (unpaired) electrons. The summed E-state index contributed by atoms with van der Waals surface area (Å²) in [5.74, 6) is 0.0801. The number of hydrogen-bond donors (Lipinski definition) is 0. The number of ether oxygens (including phenoxy) is 2. The summed E-state index contributed by atoms with van der Waals surface area (Å²) in [4.78, 5) is 0. The molecule has 0 bridgehead atoms. The molecule has 9 heteroatoms. The van der Waals surface area contributed by atoms with Gasteiger partial charge in [-0.3, -0.25) is 0 Å². The van der Waals surface area contributed by atoms with Crippen LogP contribution in [0.4, 0.5) is 8.78 Å². The van der Waals surface area contributed by atoms with E-state index in [2.05, 4.69) is 4.18 Å². The smallest absolute Gasteiger partial charge is 0.497 e. The van der Waals surface area contributed by atoms with Crippen molar-refractivity contribution < 1.29 is 35.0 Å². The van der Waals surface area contributed by atoms with E-state index in [9.17, 15) is 17.2 Å². The third-order valence-electron chi connectivity index (χ3n) is 4.62. The zero-order valence-corrected chi connectivity index (χ0v) is 19.2. The lowest BCUT2D eigenvalue weighted by Crippen LogP contribution is -2.16. The molecule has 0 N–H and O–H groups in total. The lowest BCUT2D eigenvalue weighted by atomic mass is 10.1. The molecule has 0 amide bonds. The van der Waals surface area contributed by atoms with Gasteiger partial charge < -0.3 is 17.8 Å². The third-order valence-corrected chi connectivity index (χ3v) is 5.41. The van der Waals surface area contributed by atoms with Crippen LogP contribution in [0, 0.1) is 0 Å². The minimum Gasteiger partial charge on any atom is -0.497 e. The van der Waals surface area contributed by atoms with E-state index in [0.29, 0.717) is 24.5 Å². The van der Waals surface area contributed by atoms with Crippen molar-refractivity contribution in [1.82, 2.24) is 0 Å². The fourth-order valence-electron chi connectivity index (χ4n) is 2.92. The van der Waals surface area contributed by atoms with Gasteiger partial charge in [0.05, 0.1) is 7.11 Å². The van der Waals surface area contributed by atoms with E-state index in [1.807, 2.05) is 42.5 Å². The van der Waals surface area contributed by atoms with Crippen LogP contribution in [0.1, 0.15) is 17.5 Å². The summed E-state index contributed by atoms with van der Waals surface area (Å²) >= 11 is 0. The molecular formula is C25H24F2O6S. The van der Waals surface area contributed by atoms with Crippen LogP contribution in [-0.4, -0.2) is 22.0 Å². The molecule has 34 heavy (non-hydrogen) atoms. The number of alkyl halides is 2. The molecule has 0 spiro atoms. The van der Waals surface area contributed by atoms with Crippen LogP contribution >= 0.6 is 0 Å². The van der Waals surface area contributed by atoms with Gasteiger partial charge in [0.25, 0.3) is 6.43 Å². The second kappa shape index (κ2) is 12.0. The number of methoxy groups -OCH3 is 1. The first-order valence-electron chi connectivity index (χ1n) is 10.4. The molecule has 0 heterocycles. The zero-order chi connectivity index (χ0) is 24.4. The van der Waals surface area contributed by atoms with Gasteiger partial charge in [-0.2, -0.15) is 0 Å². The zero-order valence-electron chi connectivity index (χ0n) is 18.4. The Balaban J connectivity index is 1.53. The topological polar surface area (TPSA) is 71.1 Å². The van der Waals surface area contributed by atoms with Gasteiger partial charge in [-0.05, 0) is 66.4 Å². The molecule has 0 aliphatic heterocycles. The van der Waals surface area contributed by atoms with Crippen molar-refractivity contribution in [2.75, 3.05) is 7.11 Å². The van der Waals surface area contributed by atoms with Gasteiger partial charge in [-0.1, -0.05) is 42.5 Å². The highest BCUT2D eigenvalue weighted by molar-refractivity contribution is 7.82. The van der Waals surface area contributed by atoms with Gasteiger partial charge in [0, 0.05) is 0 Å². The highest BCUT2D eigenvalue weighted by Crippen LogP contribution is 2.22. The van der Waals surface area contributed by atoms with Crippen LogP contribution < -0.4 is 13.7 Å². The molecule has 6 nitrogen and oxygen atoms in total. The second-order valence-corrected chi connectivity index (χ2v) is 8.26. The fourth-order valence-corrected chi connectivity index (χ4v) is 3.68. The van der Waals surface area contributed by atoms with Gasteiger partial charge in [0.2, 0.25) is 0 Å². The normalized spacial score (nSPS) is 11.8. The molecule has 3 aromatic rings. The van der Waals surface area contributed by atoms with Gasteiger partial charge in [0.15, 0.2) is 5.76 Å². The highest BCUT2D eigenvalue weighted by atomic mass is 32.3. The number of rotatable bonds is 12. The molecule has 0 unspecified atom stereocenters. The lowest BCUT2D eigenvalue weighted by Gasteiger charge is -2.11. The van der Waals surface area contributed by atoms with E-state index in [4.69, 9.17) is 13.7 Å². The predicted molar refractivity (Wildman–Crippen MR) is 123 cm³/mol. The molecule has 0 fully saturated rings. The second-order valence-electron chi connectivity index (χ2n) is 7.11. The Hall–Kier alpha value is -3.59. The van der Waals surface area contributed by atoms with Crippen LogP contribution in [0.3, 0.4) is 0 Å².